The lowest BCUT2D eigenvalue weighted by Crippen LogP contribution is -2.21. The van der Waals surface area contributed by atoms with Gasteiger partial charge in [-0.15, -0.1) is 0 Å². The second-order valence-electron chi connectivity index (χ2n) is 4.81. The fourth-order valence-corrected chi connectivity index (χ4v) is 1.72. The number of nitrogens with one attached hydrogen (secondary N) is 1. The third-order valence-electron chi connectivity index (χ3n) is 2.79. The molecule has 2 aromatic heterocycles. The van der Waals surface area contributed by atoms with Crippen LogP contribution >= 0.6 is 0 Å². The van der Waals surface area contributed by atoms with E-state index in [9.17, 15) is 4.79 Å². The maximum atomic E-state index is 11.7. The van der Waals surface area contributed by atoms with Gasteiger partial charge in [-0.3, -0.25) is 4.79 Å². The van der Waals surface area contributed by atoms with Crippen LogP contribution in [-0.4, -0.2) is 34.9 Å². The molecule has 2 rings (SSSR count). The van der Waals surface area contributed by atoms with Crippen LogP contribution < -0.4 is 5.32 Å². The van der Waals surface area contributed by atoms with E-state index in [1.165, 1.54) is 4.90 Å². The van der Waals surface area contributed by atoms with Crippen LogP contribution in [0.1, 0.15) is 35.0 Å². The monoisotopic (exact) mass is 274 g/mol. The SMILES string of the molecule is Cc1cnc(C(C)Nc2ccc(C(=O)N(C)C)cn2)o1. The number of hydrogen-bond acceptors (Lipinski definition) is 5. The van der Waals surface area contributed by atoms with Gasteiger partial charge in [0.1, 0.15) is 17.6 Å². The molecule has 0 aliphatic carbocycles. The Morgan fingerprint density at radius 2 is 2.05 bits per heavy atom. The number of pyridine rings is 1. The first-order valence-corrected chi connectivity index (χ1v) is 6.34. The van der Waals surface area contributed by atoms with E-state index in [1.807, 2.05) is 13.8 Å². The predicted molar refractivity (Wildman–Crippen MR) is 75.5 cm³/mol. The summed E-state index contributed by atoms with van der Waals surface area (Å²) in [6, 6.07) is 3.42. The zero-order valence-electron chi connectivity index (χ0n) is 12.0. The van der Waals surface area contributed by atoms with Gasteiger partial charge in [0, 0.05) is 20.3 Å². The van der Waals surface area contributed by atoms with Crippen LogP contribution in [-0.2, 0) is 0 Å². The van der Waals surface area contributed by atoms with Crippen LogP contribution in [0.15, 0.2) is 28.9 Å². The van der Waals surface area contributed by atoms with E-state index in [0.29, 0.717) is 17.3 Å². The molecular weight excluding hydrogens is 256 g/mol. The Hall–Kier alpha value is -2.37. The van der Waals surface area contributed by atoms with Gasteiger partial charge in [-0.25, -0.2) is 9.97 Å². The van der Waals surface area contributed by atoms with Gasteiger partial charge in [-0.05, 0) is 26.0 Å². The van der Waals surface area contributed by atoms with Crippen molar-refractivity contribution in [3.05, 3.63) is 41.7 Å². The fourth-order valence-electron chi connectivity index (χ4n) is 1.72. The highest BCUT2D eigenvalue weighted by Crippen LogP contribution is 2.17. The van der Waals surface area contributed by atoms with Gasteiger partial charge < -0.3 is 14.6 Å². The molecule has 1 atom stereocenters. The Labute approximate surface area is 117 Å². The number of aromatic nitrogens is 2. The lowest BCUT2D eigenvalue weighted by atomic mass is 10.2. The molecule has 0 fully saturated rings. The predicted octanol–water partition coefficient (Wildman–Crippen LogP) is 2.25. The molecule has 6 nitrogen and oxygen atoms in total. The number of rotatable bonds is 4. The third kappa shape index (κ3) is 3.14. The number of oxazole rings is 1. The molecule has 1 unspecified atom stereocenters. The minimum absolute atomic E-state index is 0.0691. The number of carbonyl (C=O) groups is 1. The summed E-state index contributed by atoms with van der Waals surface area (Å²) in [5.74, 6) is 1.98. The molecule has 1 amide bonds. The van der Waals surface area contributed by atoms with Gasteiger partial charge in [-0.2, -0.15) is 0 Å². The number of aryl methyl sites for hydroxylation is 1. The Morgan fingerprint density at radius 1 is 1.30 bits per heavy atom. The van der Waals surface area contributed by atoms with Crippen LogP contribution in [0.4, 0.5) is 5.82 Å². The molecule has 106 valence electrons. The summed E-state index contributed by atoms with van der Waals surface area (Å²) >= 11 is 0. The van der Waals surface area contributed by atoms with Gasteiger partial charge in [-0.1, -0.05) is 0 Å². The lowest BCUT2D eigenvalue weighted by Gasteiger charge is -2.13. The summed E-state index contributed by atoms with van der Waals surface area (Å²) in [4.78, 5) is 21.6. The summed E-state index contributed by atoms with van der Waals surface area (Å²) in [7, 11) is 3.42. The zero-order valence-corrected chi connectivity index (χ0v) is 12.0. The van der Waals surface area contributed by atoms with E-state index < -0.39 is 0 Å². The van der Waals surface area contributed by atoms with Crippen molar-refractivity contribution >= 4 is 11.7 Å². The van der Waals surface area contributed by atoms with Crippen molar-refractivity contribution in [1.82, 2.24) is 14.9 Å². The van der Waals surface area contributed by atoms with Gasteiger partial charge in [0.2, 0.25) is 5.89 Å². The number of anilines is 1. The van der Waals surface area contributed by atoms with Crippen LogP contribution in [0.2, 0.25) is 0 Å². The molecule has 6 heteroatoms. The highest BCUT2D eigenvalue weighted by atomic mass is 16.4. The van der Waals surface area contributed by atoms with E-state index in [1.54, 1.807) is 38.6 Å². The maximum Gasteiger partial charge on any atom is 0.254 e. The first kappa shape index (κ1) is 14.0. The van der Waals surface area contributed by atoms with E-state index in [0.717, 1.165) is 5.76 Å². The molecule has 0 radical (unpaired) electrons. The van der Waals surface area contributed by atoms with Crippen molar-refractivity contribution < 1.29 is 9.21 Å². The Bertz CT molecular complexity index is 589. The van der Waals surface area contributed by atoms with E-state index in [-0.39, 0.29) is 11.9 Å². The first-order valence-electron chi connectivity index (χ1n) is 6.34. The second kappa shape index (κ2) is 5.73. The maximum absolute atomic E-state index is 11.7. The van der Waals surface area contributed by atoms with Crippen LogP contribution in [0, 0.1) is 6.92 Å². The van der Waals surface area contributed by atoms with Crippen molar-refractivity contribution in [2.75, 3.05) is 19.4 Å². The van der Waals surface area contributed by atoms with Gasteiger partial charge >= 0.3 is 0 Å². The molecular formula is C14H18N4O2. The highest BCUT2D eigenvalue weighted by molar-refractivity contribution is 5.93. The molecule has 1 N–H and O–H groups in total. The molecule has 0 saturated carbocycles. The Kier molecular flexibility index (Phi) is 4.02. The number of amides is 1. The van der Waals surface area contributed by atoms with E-state index in [4.69, 9.17) is 4.42 Å². The van der Waals surface area contributed by atoms with Crippen molar-refractivity contribution in [1.29, 1.82) is 0 Å². The smallest absolute Gasteiger partial charge is 0.254 e. The van der Waals surface area contributed by atoms with Gasteiger partial charge in [0.25, 0.3) is 5.91 Å². The molecule has 0 aromatic carbocycles. The third-order valence-corrected chi connectivity index (χ3v) is 2.79. The minimum Gasteiger partial charge on any atom is -0.444 e. The van der Waals surface area contributed by atoms with Crippen molar-refractivity contribution in [2.45, 2.75) is 19.9 Å². The standard InChI is InChI=1S/C14H18N4O2/c1-9-7-16-13(20-9)10(2)17-12-6-5-11(8-15-12)14(19)18(3)4/h5-8,10H,1-4H3,(H,15,17). The number of hydrogen-bond donors (Lipinski definition) is 1. The lowest BCUT2D eigenvalue weighted by molar-refractivity contribution is 0.0827. The van der Waals surface area contributed by atoms with Crippen molar-refractivity contribution in [3.63, 3.8) is 0 Å². The molecule has 2 heterocycles. The normalized spacial score (nSPS) is 12.0. The van der Waals surface area contributed by atoms with Crippen LogP contribution in [0.3, 0.4) is 0 Å². The Balaban J connectivity index is 2.05. The fraction of sp³-hybridized carbons (Fsp3) is 0.357. The summed E-state index contributed by atoms with van der Waals surface area (Å²) in [6.45, 7) is 3.79. The molecule has 20 heavy (non-hydrogen) atoms. The topological polar surface area (TPSA) is 71.3 Å². The number of nitrogens with zero attached hydrogens (tertiary/aromatic N) is 3. The molecule has 0 aliphatic rings. The second-order valence-corrected chi connectivity index (χ2v) is 4.81. The minimum atomic E-state index is -0.0911. The van der Waals surface area contributed by atoms with Gasteiger partial charge in [0.15, 0.2) is 0 Å². The molecule has 2 aromatic rings. The van der Waals surface area contributed by atoms with E-state index in [2.05, 4.69) is 15.3 Å². The number of carbonyl (C=O) groups excluding carboxylic acids is 1. The summed E-state index contributed by atoms with van der Waals surface area (Å²) < 4.78 is 5.45. The molecule has 0 spiro atoms. The average Bonchev–Trinajstić information content (AvgIpc) is 2.85. The summed E-state index contributed by atoms with van der Waals surface area (Å²) in [5.41, 5.74) is 0.556. The Morgan fingerprint density at radius 3 is 2.55 bits per heavy atom. The highest BCUT2D eigenvalue weighted by Gasteiger charge is 2.12. The average molecular weight is 274 g/mol. The quantitative estimate of drug-likeness (QED) is 0.925. The molecule has 0 saturated heterocycles. The van der Waals surface area contributed by atoms with Gasteiger partial charge in [0.05, 0.1) is 11.8 Å². The largest absolute Gasteiger partial charge is 0.444 e. The summed E-state index contributed by atoms with van der Waals surface area (Å²) in [6.07, 6.45) is 3.23. The van der Waals surface area contributed by atoms with E-state index >= 15 is 0 Å². The van der Waals surface area contributed by atoms with Crippen molar-refractivity contribution in [3.8, 4) is 0 Å². The zero-order chi connectivity index (χ0) is 14.7. The first-order chi connectivity index (χ1) is 9.47. The van der Waals surface area contributed by atoms with Crippen LogP contribution in [0.25, 0.3) is 0 Å². The molecule has 0 bridgehead atoms. The molecule has 0 aliphatic heterocycles. The van der Waals surface area contributed by atoms with Crippen LogP contribution in [0.5, 0.6) is 0 Å². The summed E-state index contributed by atoms with van der Waals surface area (Å²) in [5, 5.41) is 3.17. The van der Waals surface area contributed by atoms with Crippen molar-refractivity contribution in [2.24, 2.45) is 0 Å².